The highest BCUT2D eigenvalue weighted by molar-refractivity contribution is 7.73. The van der Waals surface area contributed by atoms with Crippen molar-refractivity contribution in [1.82, 2.24) is 29.4 Å². The van der Waals surface area contributed by atoms with Gasteiger partial charge < -0.3 is 14.4 Å². The van der Waals surface area contributed by atoms with Crippen LogP contribution in [-0.4, -0.2) is 62.0 Å². The number of imidazole rings is 1. The number of hydrogen-bond acceptors (Lipinski definition) is 9. The maximum Gasteiger partial charge on any atom is 0.325 e. The van der Waals surface area contributed by atoms with Crippen LogP contribution in [0.5, 0.6) is 0 Å². The maximum absolute atomic E-state index is 10.9. The lowest BCUT2D eigenvalue weighted by Gasteiger charge is -2.20. The zero-order valence-electron chi connectivity index (χ0n) is 17.5. The third-order valence-corrected chi connectivity index (χ3v) is 4.96. The number of carboxylic acid groups (broad SMARTS) is 1. The molecule has 0 saturated carbocycles. The molecule has 0 radical (unpaired) electrons. The molecule has 1 aromatic carbocycles. The molecule has 33 heavy (non-hydrogen) atoms. The van der Waals surface area contributed by atoms with Gasteiger partial charge in [0.15, 0.2) is 6.73 Å². The van der Waals surface area contributed by atoms with Crippen LogP contribution in [0.2, 0.25) is 0 Å². The lowest BCUT2D eigenvalue weighted by Crippen LogP contribution is -2.26. The van der Waals surface area contributed by atoms with E-state index in [9.17, 15) is 18.0 Å². The molecule has 14 heteroatoms. The molecule has 2 aromatic heterocycles. The average molecular weight is 478 g/mol. The first kappa shape index (κ1) is 23.9. The molecular weight excluding hydrogens is 454 g/mol. The fraction of sp³-hybridized carbons (Fsp3) is 0.316. The Hall–Kier alpha value is -3.78. The summed E-state index contributed by atoms with van der Waals surface area (Å²) in [4.78, 5) is 27.7. The number of ether oxygens (including phenoxy) is 1. The number of anilines is 1. The highest BCUT2D eigenvalue weighted by atomic mass is 32.2. The number of thiol groups is 1. The first-order valence-electron chi connectivity index (χ1n) is 9.80. The summed E-state index contributed by atoms with van der Waals surface area (Å²) in [6.07, 6.45) is 5.58. The van der Waals surface area contributed by atoms with Gasteiger partial charge in [-0.05, 0) is 24.1 Å². The van der Waals surface area contributed by atoms with E-state index in [4.69, 9.17) is 9.84 Å². The van der Waals surface area contributed by atoms with Crippen LogP contribution in [0, 0.1) is 0 Å². The summed E-state index contributed by atoms with van der Waals surface area (Å²) in [6.45, 7) is 1.65. The lowest BCUT2D eigenvalue weighted by molar-refractivity contribution is -0.138. The number of nitrogens with one attached hydrogen (secondary N) is 1. The van der Waals surface area contributed by atoms with Gasteiger partial charge in [0.25, 0.3) is 6.47 Å². The number of carbonyl (C=O) groups excluding carboxylic acids is 1. The van der Waals surface area contributed by atoms with Gasteiger partial charge in [-0.25, -0.2) is 18.1 Å². The molecule has 0 aliphatic heterocycles. The van der Waals surface area contributed by atoms with E-state index in [1.807, 2.05) is 12.1 Å². The summed E-state index contributed by atoms with van der Waals surface area (Å²) in [7, 11) is -2.71. The Balaban J connectivity index is 1.67. The van der Waals surface area contributed by atoms with Crippen LogP contribution in [0.3, 0.4) is 0 Å². The molecule has 0 spiro atoms. The number of carbonyl (C=O) groups is 2. The number of aromatic nitrogens is 5. The number of rotatable bonds is 14. The molecule has 0 aliphatic rings. The molecule has 3 aromatic rings. The molecule has 0 atom stereocenters. The van der Waals surface area contributed by atoms with Crippen molar-refractivity contribution in [3.63, 3.8) is 0 Å². The molecule has 2 N–H and O–H groups in total. The highest BCUT2D eigenvalue weighted by Crippen LogP contribution is 2.13. The van der Waals surface area contributed by atoms with Crippen LogP contribution >= 0.6 is 0 Å². The van der Waals surface area contributed by atoms with Gasteiger partial charge in [0.2, 0.25) is 10.9 Å². The van der Waals surface area contributed by atoms with E-state index in [0.717, 1.165) is 11.3 Å². The number of nitrogens with zero attached hydrogens (tertiary/aromatic N) is 6. The Kier molecular flexibility index (Phi) is 8.49. The monoisotopic (exact) mass is 477 g/mol. The van der Waals surface area contributed by atoms with Gasteiger partial charge >= 0.3 is 5.97 Å². The quantitative estimate of drug-likeness (QED) is 0.211. The van der Waals surface area contributed by atoms with E-state index >= 15 is 0 Å². The van der Waals surface area contributed by atoms with Gasteiger partial charge in [0.05, 0.1) is 23.9 Å². The second-order valence-electron chi connectivity index (χ2n) is 7.10. The summed E-state index contributed by atoms with van der Waals surface area (Å²) < 4.78 is 31.5. The van der Waals surface area contributed by atoms with Crippen LogP contribution in [-0.2, 0) is 58.0 Å². The van der Waals surface area contributed by atoms with Crippen molar-refractivity contribution in [2.24, 2.45) is 0 Å². The summed E-state index contributed by atoms with van der Waals surface area (Å²) in [5, 5.41) is 16.8. The van der Waals surface area contributed by atoms with Gasteiger partial charge in [0.1, 0.15) is 6.54 Å². The number of hydrogen-bond donors (Lipinski definition) is 3. The zero-order valence-corrected chi connectivity index (χ0v) is 18.4. The number of benzene rings is 1. The Morgan fingerprint density at radius 3 is 2.64 bits per heavy atom. The van der Waals surface area contributed by atoms with Crippen LogP contribution in [0.1, 0.15) is 17.0 Å². The van der Waals surface area contributed by atoms with E-state index in [1.54, 1.807) is 35.4 Å². The first-order chi connectivity index (χ1) is 15.9. The van der Waals surface area contributed by atoms with E-state index in [-0.39, 0.29) is 13.3 Å². The third-order valence-electron chi connectivity index (χ3n) is 4.52. The van der Waals surface area contributed by atoms with Crippen molar-refractivity contribution >= 4 is 29.0 Å². The van der Waals surface area contributed by atoms with Crippen molar-refractivity contribution < 1.29 is 27.9 Å². The lowest BCUT2D eigenvalue weighted by atomic mass is 10.1. The molecule has 2 heterocycles. The number of aliphatic carboxylic acids is 1. The minimum Gasteiger partial charge on any atom is -0.480 e. The average Bonchev–Trinajstić information content (AvgIpc) is 3.40. The van der Waals surface area contributed by atoms with Gasteiger partial charge in [-0.2, -0.15) is 0 Å². The molecule has 0 saturated heterocycles. The Morgan fingerprint density at radius 1 is 1.18 bits per heavy atom. The van der Waals surface area contributed by atoms with Crippen molar-refractivity contribution in [1.29, 1.82) is 0 Å². The van der Waals surface area contributed by atoms with Crippen LogP contribution in [0.25, 0.3) is 0 Å². The van der Waals surface area contributed by atoms with E-state index in [1.165, 1.54) is 4.68 Å². The fourth-order valence-electron chi connectivity index (χ4n) is 3.11. The second kappa shape index (κ2) is 11.7. The Labute approximate surface area is 190 Å². The third kappa shape index (κ3) is 8.01. The maximum atomic E-state index is 10.9. The topological polar surface area (TPSA) is 162 Å². The van der Waals surface area contributed by atoms with E-state index in [0.29, 0.717) is 43.9 Å². The predicted molar refractivity (Wildman–Crippen MR) is 115 cm³/mol. The van der Waals surface area contributed by atoms with E-state index < -0.39 is 16.9 Å². The Morgan fingerprint density at radius 2 is 1.94 bits per heavy atom. The summed E-state index contributed by atoms with van der Waals surface area (Å²) >= 11 is 0. The second-order valence-corrected chi connectivity index (χ2v) is 7.84. The molecule has 0 unspecified atom stereocenters. The zero-order chi connectivity index (χ0) is 23.6. The number of carboxylic acids is 1. The van der Waals surface area contributed by atoms with Crippen LogP contribution in [0.4, 0.5) is 5.69 Å². The largest absolute Gasteiger partial charge is 0.480 e. The molecule has 0 aliphatic carbocycles. The van der Waals surface area contributed by atoms with Crippen LogP contribution < -0.4 is 4.72 Å². The van der Waals surface area contributed by atoms with Crippen LogP contribution in [0.15, 0.2) is 43.0 Å². The molecule has 13 nitrogen and oxygen atoms in total. The molecule has 0 bridgehead atoms. The normalized spacial score (nSPS) is 11.1. The van der Waals surface area contributed by atoms with Crippen molar-refractivity contribution in [3.05, 3.63) is 59.9 Å². The minimum atomic E-state index is -2.71. The SMILES string of the molecule is O=COCn1cnc(CN(CCc2ccc(N[SH](=O)=O)cc2)Cc2cn(CC(=O)O)nn2)c1. The summed E-state index contributed by atoms with van der Waals surface area (Å²) in [5.41, 5.74) is 2.86. The van der Waals surface area contributed by atoms with E-state index in [2.05, 4.69) is 24.9 Å². The first-order valence-corrected chi connectivity index (χ1v) is 11.0. The smallest absolute Gasteiger partial charge is 0.325 e. The molecular formula is C19H23N7O6S. The summed E-state index contributed by atoms with van der Waals surface area (Å²) in [6, 6.07) is 7.07. The van der Waals surface area contributed by atoms with Crippen molar-refractivity contribution in [2.75, 3.05) is 11.3 Å². The molecule has 0 fully saturated rings. The van der Waals surface area contributed by atoms with Gasteiger partial charge in [0, 0.05) is 31.5 Å². The predicted octanol–water partition coefficient (Wildman–Crippen LogP) is -0.127. The molecule has 176 valence electrons. The van der Waals surface area contributed by atoms with Crippen molar-refractivity contribution in [3.8, 4) is 0 Å². The van der Waals surface area contributed by atoms with Gasteiger partial charge in [-0.3, -0.25) is 19.2 Å². The van der Waals surface area contributed by atoms with Gasteiger partial charge in [-0.15, -0.1) is 5.10 Å². The minimum absolute atomic E-state index is 0.0648. The Bertz CT molecular complexity index is 1130. The summed E-state index contributed by atoms with van der Waals surface area (Å²) in [5.74, 6) is -1.01. The molecule has 0 amide bonds. The van der Waals surface area contributed by atoms with Crippen molar-refractivity contribution in [2.45, 2.75) is 32.8 Å². The fourth-order valence-corrected chi connectivity index (χ4v) is 3.47. The highest BCUT2D eigenvalue weighted by Gasteiger charge is 2.13. The molecule has 3 rings (SSSR count). The standard InChI is InChI=1S/C19H23N7O6S/c27-14-32-13-25-8-17(20-12-25)7-24(9-18-10-26(23-21-18)11-19(28)29)6-5-15-1-3-16(4-2-15)22-33(30)31/h1-4,8,10,12,14,33H,5-7,9,11,13H2,(H,28,29)(H,22,30,31). The van der Waals surface area contributed by atoms with Gasteiger partial charge in [-0.1, -0.05) is 17.3 Å².